The molecule has 0 unspecified atom stereocenters. The Morgan fingerprint density at radius 3 is 2.65 bits per heavy atom. The Labute approximate surface area is 223 Å². The van der Waals surface area contributed by atoms with Crippen LogP contribution in [0.3, 0.4) is 0 Å². The molecule has 0 spiro atoms. The quantitative estimate of drug-likeness (QED) is 0.244. The number of halogens is 1. The highest BCUT2D eigenvalue weighted by atomic mass is 35.5. The number of benzene rings is 3. The molecule has 0 aliphatic rings. The Hall–Kier alpha value is -3.15. The predicted molar refractivity (Wildman–Crippen MR) is 146 cm³/mol. The summed E-state index contributed by atoms with van der Waals surface area (Å²) in [5, 5.41) is 1.22. The second-order valence-electron chi connectivity index (χ2n) is 8.30. The average molecular weight is 555 g/mol. The van der Waals surface area contributed by atoms with E-state index in [-0.39, 0.29) is 18.0 Å². The van der Waals surface area contributed by atoms with Gasteiger partial charge in [0.1, 0.15) is 22.9 Å². The predicted octanol–water partition coefficient (Wildman–Crippen LogP) is 5.37. The van der Waals surface area contributed by atoms with E-state index in [4.69, 9.17) is 26.1 Å². The number of hydrogen-bond acceptors (Lipinski definition) is 8. The summed E-state index contributed by atoms with van der Waals surface area (Å²) in [7, 11) is -1.97. The van der Waals surface area contributed by atoms with Crippen LogP contribution in [0.15, 0.2) is 65.7 Å². The van der Waals surface area contributed by atoms with Crippen LogP contribution in [0.4, 0.5) is 0 Å². The molecule has 8 nitrogen and oxygen atoms in total. The number of aromatic nitrogens is 3. The molecular weight excluding hydrogens is 532 g/mol. The number of nitrogens with zero attached hydrogens (tertiary/aromatic N) is 3. The molecule has 1 N–H and O–H groups in total. The van der Waals surface area contributed by atoms with Crippen molar-refractivity contribution in [2.45, 2.75) is 18.4 Å². The summed E-state index contributed by atoms with van der Waals surface area (Å²) in [6.07, 6.45) is 1.71. The van der Waals surface area contributed by atoms with Crippen molar-refractivity contribution in [3.05, 3.63) is 77.1 Å². The lowest BCUT2D eigenvalue weighted by molar-refractivity contribution is 0.181. The number of aryl methyl sites for hydroxylation is 1. The van der Waals surface area contributed by atoms with Crippen LogP contribution in [0.5, 0.6) is 5.75 Å². The molecule has 2 heterocycles. The van der Waals surface area contributed by atoms with Crippen molar-refractivity contribution in [2.75, 3.05) is 20.3 Å². The number of ether oxygens (including phenoxy) is 2. The van der Waals surface area contributed by atoms with Gasteiger partial charge in [-0.1, -0.05) is 29.8 Å². The summed E-state index contributed by atoms with van der Waals surface area (Å²) in [4.78, 5) is 14.3. The average Bonchev–Trinajstić information content (AvgIpc) is 3.31. The zero-order valence-corrected chi connectivity index (χ0v) is 22.5. The molecule has 0 fully saturated rings. The third kappa shape index (κ3) is 5.58. The van der Waals surface area contributed by atoms with Gasteiger partial charge in [-0.25, -0.2) is 23.1 Å². The molecule has 190 valence electrons. The van der Waals surface area contributed by atoms with E-state index in [1.165, 1.54) is 11.3 Å². The van der Waals surface area contributed by atoms with E-state index >= 15 is 0 Å². The molecule has 0 saturated carbocycles. The van der Waals surface area contributed by atoms with Gasteiger partial charge in [0.05, 0.1) is 44.1 Å². The molecule has 5 rings (SSSR count). The van der Waals surface area contributed by atoms with Crippen LogP contribution in [-0.4, -0.2) is 43.6 Å². The molecular formula is C26H23ClN4O4S2. The second kappa shape index (κ2) is 10.7. The molecule has 0 radical (unpaired) electrons. The molecule has 3 aromatic carbocycles. The Bertz CT molecular complexity index is 1690. The molecule has 0 amide bonds. The number of fused-ring (bicyclic) bond motifs is 2. The third-order valence-corrected chi connectivity index (χ3v) is 8.30. The van der Waals surface area contributed by atoms with Gasteiger partial charge in [-0.2, -0.15) is 0 Å². The first kappa shape index (κ1) is 25.5. The van der Waals surface area contributed by atoms with Gasteiger partial charge in [0.2, 0.25) is 10.0 Å². The number of nitrogens with one attached hydrogen (secondary N) is 1. The van der Waals surface area contributed by atoms with E-state index < -0.39 is 10.0 Å². The van der Waals surface area contributed by atoms with Crippen molar-refractivity contribution in [1.29, 1.82) is 0 Å². The number of methoxy groups -OCH3 is 1. The lowest BCUT2D eigenvalue weighted by Gasteiger charge is -2.09. The van der Waals surface area contributed by atoms with E-state index in [1.54, 1.807) is 49.7 Å². The highest BCUT2D eigenvalue weighted by Gasteiger charge is 2.16. The fourth-order valence-corrected chi connectivity index (χ4v) is 6.26. The number of sulfonamides is 1. The van der Waals surface area contributed by atoms with Crippen LogP contribution in [-0.2, 0) is 21.4 Å². The minimum atomic E-state index is -3.59. The molecule has 0 atom stereocenters. The van der Waals surface area contributed by atoms with E-state index in [0.717, 1.165) is 37.6 Å². The van der Waals surface area contributed by atoms with Gasteiger partial charge in [-0.05, 0) is 42.8 Å². The minimum absolute atomic E-state index is 0.111. The summed E-state index contributed by atoms with van der Waals surface area (Å²) < 4.78 is 39.1. The second-order valence-corrected chi connectivity index (χ2v) is 11.5. The summed E-state index contributed by atoms with van der Waals surface area (Å²) in [6, 6.07) is 15.8. The molecule has 5 aromatic rings. The van der Waals surface area contributed by atoms with Crippen molar-refractivity contribution < 1.29 is 17.9 Å². The van der Waals surface area contributed by atoms with E-state index in [9.17, 15) is 8.42 Å². The topological polar surface area (TPSA) is 103 Å². The molecule has 11 heteroatoms. The molecule has 37 heavy (non-hydrogen) atoms. The van der Waals surface area contributed by atoms with Crippen LogP contribution in [0.25, 0.3) is 31.8 Å². The van der Waals surface area contributed by atoms with Crippen LogP contribution in [0.1, 0.15) is 11.3 Å². The van der Waals surface area contributed by atoms with E-state index in [2.05, 4.69) is 14.7 Å². The highest BCUT2D eigenvalue weighted by molar-refractivity contribution is 7.89. The maximum atomic E-state index is 12.4. The zero-order valence-electron chi connectivity index (χ0n) is 20.1. The Kier molecular flexibility index (Phi) is 7.36. The first-order valence-corrected chi connectivity index (χ1v) is 14.0. The highest BCUT2D eigenvalue weighted by Crippen LogP contribution is 2.38. The third-order valence-electron chi connectivity index (χ3n) is 5.50. The van der Waals surface area contributed by atoms with Gasteiger partial charge >= 0.3 is 0 Å². The first-order chi connectivity index (χ1) is 17.8. The zero-order chi connectivity index (χ0) is 26.0. The number of hydrogen-bond donors (Lipinski definition) is 1. The van der Waals surface area contributed by atoms with Gasteiger partial charge in [0.25, 0.3) is 0 Å². The largest absolute Gasteiger partial charge is 0.492 e. The lowest BCUT2D eigenvalue weighted by Crippen LogP contribution is -2.28. The van der Waals surface area contributed by atoms with Crippen LogP contribution < -0.4 is 9.46 Å². The fraction of sp³-hybridized carbons (Fsp3) is 0.192. The Balaban J connectivity index is 1.36. The maximum Gasteiger partial charge on any atom is 0.240 e. The maximum absolute atomic E-state index is 12.4. The van der Waals surface area contributed by atoms with Crippen molar-refractivity contribution in [3.63, 3.8) is 0 Å². The van der Waals surface area contributed by atoms with Gasteiger partial charge in [0.15, 0.2) is 0 Å². The van der Waals surface area contributed by atoms with Gasteiger partial charge in [0, 0.05) is 25.3 Å². The lowest BCUT2D eigenvalue weighted by atomic mass is 10.1. The number of rotatable bonds is 9. The number of thiazole rings is 1. The van der Waals surface area contributed by atoms with Crippen molar-refractivity contribution in [1.82, 2.24) is 19.7 Å². The van der Waals surface area contributed by atoms with Crippen molar-refractivity contribution >= 4 is 54.2 Å². The van der Waals surface area contributed by atoms with Crippen LogP contribution in [0, 0.1) is 6.92 Å². The molecule has 2 aromatic heterocycles. The van der Waals surface area contributed by atoms with E-state index in [0.29, 0.717) is 22.9 Å². The molecule has 0 bridgehead atoms. The van der Waals surface area contributed by atoms with Gasteiger partial charge in [-0.15, -0.1) is 11.3 Å². The standard InChI is InChI=1S/C26H23ClN4O4S2/c1-16-10-20(24-22(11-16)30-17(14-28-24)15-34-2)26-31-25-21(27)12-18(13-23(25)36-26)35-9-8-29-37(32,33)19-6-4-3-5-7-19/h3-7,10-14,29H,8-9,15H2,1-2H3. The Morgan fingerprint density at radius 2 is 1.86 bits per heavy atom. The van der Waals surface area contributed by atoms with Crippen LogP contribution in [0.2, 0.25) is 5.02 Å². The molecule has 0 saturated heterocycles. The Morgan fingerprint density at radius 1 is 1.05 bits per heavy atom. The van der Waals surface area contributed by atoms with E-state index in [1.807, 2.05) is 25.1 Å². The summed E-state index contributed by atoms with van der Waals surface area (Å²) in [6.45, 7) is 2.65. The SMILES string of the molecule is COCc1cnc2c(-c3nc4c(Cl)cc(OCCNS(=O)(=O)c5ccccc5)cc4s3)cc(C)cc2n1. The van der Waals surface area contributed by atoms with Gasteiger partial charge < -0.3 is 9.47 Å². The minimum Gasteiger partial charge on any atom is -0.492 e. The van der Waals surface area contributed by atoms with Gasteiger partial charge in [-0.3, -0.25) is 4.98 Å². The summed E-state index contributed by atoms with van der Waals surface area (Å²) in [5.41, 5.74) is 4.86. The van der Waals surface area contributed by atoms with Crippen LogP contribution >= 0.6 is 22.9 Å². The summed E-state index contributed by atoms with van der Waals surface area (Å²) in [5.74, 6) is 0.532. The fourth-order valence-electron chi connectivity index (χ4n) is 3.88. The molecule has 0 aliphatic heterocycles. The first-order valence-electron chi connectivity index (χ1n) is 11.4. The van der Waals surface area contributed by atoms with Crippen molar-refractivity contribution in [3.8, 4) is 16.3 Å². The summed E-state index contributed by atoms with van der Waals surface area (Å²) >= 11 is 8.02. The smallest absolute Gasteiger partial charge is 0.240 e. The van der Waals surface area contributed by atoms with Crippen molar-refractivity contribution in [2.24, 2.45) is 0 Å². The molecule has 0 aliphatic carbocycles. The normalized spacial score (nSPS) is 11.9. The monoisotopic (exact) mass is 554 g/mol.